The van der Waals surface area contributed by atoms with Gasteiger partial charge in [-0.1, -0.05) is 25.0 Å². The Kier molecular flexibility index (Phi) is 4.79. The van der Waals surface area contributed by atoms with E-state index in [1.807, 2.05) is 13.0 Å². The molecule has 2 heterocycles. The van der Waals surface area contributed by atoms with Crippen LogP contribution in [0.1, 0.15) is 42.5 Å². The third-order valence-electron chi connectivity index (χ3n) is 4.39. The van der Waals surface area contributed by atoms with Gasteiger partial charge >= 0.3 is 0 Å². The van der Waals surface area contributed by atoms with Crippen LogP contribution < -0.4 is 10.2 Å². The Morgan fingerprint density at radius 2 is 1.65 bits per heavy atom. The molecule has 0 amide bonds. The first-order chi connectivity index (χ1) is 11.1. The van der Waals surface area contributed by atoms with E-state index in [0.29, 0.717) is 0 Å². The largest absolute Gasteiger partial charge is 0.341 e. The zero-order valence-corrected chi connectivity index (χ0v) is 14.4. The van der Waals surface area contributed by atoms with Crippen LogP contribution >= 0.6 is 0 Å². The predicted molar refractivity (Wildman–Crippen MR) is 96.6 cm³/mol. The fourth-order valence-electron chi connectivity index (χ4n) is 3.04. The van der Waals surface area contributed by atoms with Gasteiger partial charge in [0.15, 0.2) is 0 Å². The van der Waals surface area contributed by atoms with E-state index >= 15 is 0 Å². The molecule has 1 aliphatic heterocycles. The third-order valence-corrected chi connectivity index (χ3v) is 4.39. The van der Waals surface area contributed by atoms with Crippen LogP contribution in [0.2, 0.25) is 0 Å². The second-order valence-corrected chi connectivity index (χ2v) is 6.54. The molecule has 23 heavy (non-hydrogen) atoms. The minimum atomic E-state index is 0.861. The molecule has 0 atom stereocenters. The maximum atomic E-state index is 4.77. The Morgan fingerprint density at radius 1 is 0.913 bits per heavy atom. The summed E-state index contributed by atoms with van der Waals surface area (Å²) in [6, 6.07) is 8.46. The second-order valence-electron chi connectivity index (χ2n) is 6.54. The number of hydrogen-bond acceptors (Lipinski definition) is 4. The number of rotatable bonds is 3. The summed E-state index contributed by atoms with van der Waals surface area (Å²) in [5, 5.41) is 3.47. The Morgan fingerprint density at radius 3 is 2.39 bits per heavy atom. The van der Waals surface area contributed by atoms with Gasteiger partial charge in [0.1, 0.15) is 5.82 Å². The van der Waals surface area contributed by atoms with Gasteiger partial charge in [0, 0.05) is 30.5 Å². The highest BCUT2D eigenvalue weighted by molar-refractivity contribution is 5.62. The van der Waals surface area contributed by atoms with E-state index in [4.69, 9.17) is 4.98 Å². The van der Waals surface area contributed by atoms with Crippen molar-refractivity contribution in [2.24, 2.45) is 0 Å². The van der Waals surface area contributed by atoms with Crippen molar-refractivity contribution in [3.05, 3.63) is 41.1 Å². The van der Waals surface area contributed by atoms with Gasteiger partial charge in [-0.05, 0) is 50.8 Å². The highest BCUT2D eigenvalue weighted by atomic mass is 15.3. The van der Waals surface area contributed by atoms with Gasteiger partial charge in [-0.15, -0.1) is 0 Å². The number of nitrogens with one attached hydrogen (secondary N) is 1. The highest BCUT2D eigenvalue weighted by Gasteiger charge is 2.14. The standard InChI is InChI=1S/C19H26N4/c1-14-8-9-15(2)17(12-14)21-18-13-16(3)20-19(22-18)23-10-6-4-5-7-11-23/h8-9,12-13H,4-7,10-11H2,1-3H3,(H,20,21,22). The lowest BCUT2D eigenvalue weighted by atomic mass is 10.1. The van der Waals surface area contributed by atoms with E-state index in [1.165, 1.54) is 36.8 Å². The summed E-state index contributed by atoms with van der Waals surface area (Å²) in [5.74, 6) is 1.74. The van der Waals surface area contributed by atoms with Crippen LogP contribution in [0.25, 0.3) is 0 Å². The van der Waals surface area contributed by atoms with Crippen molar-refractivity contribution in [2.45, 2.75) is 46.5 Å². The molecule has 1 aliphatic rings. The number of aryl methyl sites for hydroxylation is 3. The van der Waals surface area contributed by atoms with Gasteiger partial charge in [-0.2, -0.15) is 4.98 Å². The van der Waals surface area contributed by atoms with E-state index in [-0.39, 0.29) is 0 Å². The number of aromatic nitrogens is 2. The Labute approximate surface area is 139 Å². The first-order valence-electron chi connectivity index (χ1n) is 8.57. The van der Waals surface area contributed by atoms with E-state index in [1.54, 1.807) is 0 Å². The molecular weight excluding hydrogens is 284 g/mol. The minimum absolute atomic E-state index is 0.861. The average Bonchev–Trinajstić information content (AvgIpc) is 2.79. The highest BCUT2D eigenvalue weighted by Crippen LogP contribution is 2.23. The molecule has 1 saturated heterocycles. The molecule has 1 aromatic heterocycles. The van der Waals surface area contributed by atoms with Crippen molar-refractivity contribution in [1.29, 1.82) is 0 Å². The summed E-state index contributed by atoms with van der Waals surface area (Å²) in [5.41, 5.74) is 4.59. The maximum Gasteiger partial charge on any atom is 0.227 e. The van der Waals surface area contributed by atoms with Crippen LogP contribution in [0, 0.1) is 20.8 Å². The van der Waals surface area contributed by atoms with Crippen LogP contribution in [0.5, 0.6) is 0 Å². The molecule has 0 radical (unpaired) electrons. The van der Waals surface area contributed by atoms with Crippen molar-refractivity contribution < 1.29 is 0 Å². The number of benzene rings is 1. The maximum absolute atomic E-state index is 4.77. The molecule has 2 aromatic rings. The second kappa shape index (κ2) is 6.99. The number of nitrogens with zero attached hydrogens (tertiary/aromatic N) is 3. The van der Waals surface area contributed by atoms with Gasteiger partial charge in [-0.3, -0.25) is 0 Å². The lowest BCUT2D eigenvalue weighted by Gasteiger charge is -2.21. The predicted octanol–water partition coefficient (Wildman–Crippen LogP) is 4.53. The Hall–Kier alpha value is -2.10. The normalized spacial score (nSPS) is 15.3. The third kappa shape index (κ3) is 4.01. The molecule has 4 heteroatoms. The summed E-state index contributed by atoms with van der Waals surface area (Å²) < 4.78 is 0. The number of hydrogen-bond donors (Lipinski definition) is 1. The monoisotopic (exact) mass is 310 g/mol. The first kappa shape index (κ1) is 15.8. The molecule has 4 nitrogen and oxygen atoms in total. The fourth-order valence-corrected chi connectivity index (χ4v) is 3.04. The Bertz CT molecular complexity index is 673. The average molecular weight is 310 g/mol. The molecule has 0 spiro atoms. The summed E-state index contributed by atoms with van der Waals surface area (Å²) in [4.78, 5) is 11.8. The van der Waals surface area contributed by atoms with Crippen molar-refractivity contribution in [2.75, 3.05) is 23.3 Å². The number of anilines is 3. The summed E-state index contributed by atoms with van der Waals surface area (Å²) in [6.07, 6.45) is 5.10. The van der Waals surface area contributed by atoms with Crippen LogP contribution in [0.15, 0.2) is 24.3 Å². The van der Waals surface area contributed by atoms with E-state index in [2.05, 4.69) is 47.2 Å². The molecule has 0 aliphatic carbocycles. The molecule has 122 valence electrons. The van der Waals surface area contributed by atoms with Crippen molar-refractivity contribution in [3.63, 3.8) is 0 Å². The molecule has 1 fully saturated rings. The van der Waals surface area contributed by atoms with Gasteiger partial charge < -0.3 is 10.2 Å². The van der Waals surface area contributed by atoms with Crippen molar-refractivity contribution in [3.8, 4) is 0 Å². The van der Waals surface area contributed by atoms with Gasteiger partial charge in [-0.25, -0.2) is 4.98 Å². The van der Waals surface area contributed by atoms with E-state index in [9.17, 15) is 0 Å². The van der Waals surface area contributed by atoms with Crippen molar-refractivity contribution >= 4 is 17.5 Å². The SMILES string of the molecule is Cc1ccc(C)c(Nc2cc(C)nc(N3CCCCCC3)n2)c1. The molecule has 0 unspecified atom stereocenters. The molecule has 3 rings (SSSR count). The first-order valence-corrected chi connectivity index (χ1v) is 8.57. The molecule has 0 saturated carbocycles. The van der Waals surface area contributed by atoms with Gasteiger partial charge in [0.25, 0.3) is 0 Å². The van der Waals surface area contributed by atoms with Gasteiger partial charge in [0.2, 0.25) is 5.95 Å². The lowest BCUT2D eigenvalue weighted by Crippen LogP contribution is -2.26. The zero-order chi connectivity index (χ0) is 16.2. The summed E-state index contributed by atoms with van der Waals surface area (Å²) >= 11 is 0. The van der Waals surface area contributed by atoms with Gasteiger partial charge in [0.05, 0.1) is 0 Å². The minimum Gasteiger partial charge on any atom is -0.341 e. The zero-order valence-electron chi connectivity index (χ0n) is 14.4. The molecule has 0 bridgehead atoms. The van der Waals surface area contributed by atoms with Crippen LogP contribution in [-0.2, 0) is 0 Å². The fraction of sp³-hybridized carbons (Fsp3) is 0.474. The quantitative estimate of drug-likeness (QED) is 0.904. The molecule has 1 N–H and O–H groups in total. The van der Waals surface area contributed by atoms with Crippen LogP contribution in [0.4, 0.5) is 17.5 Å². The van der Waals surface area contributed by atoms with E-state index < -0.39 is 0 Å². The molecule has 1 aromatic carbocycles. The summed E-state index contributed by atoms with van der Waals surface area (Å²) in [6.45, 7) is 8.39. The molecular formula is C19H26N4. The lowest BCUT2D eigenvalue weighted by molar-refractivity contribution is 0.726. The summed E-state index contributed by atoms with van der Waals surface area (Å²) in [7, 11) is 0. The van der Waals surface area contributed by atoms with Crippen molar-refractivity contribution in [1.82, 2.24) is 9.97 Å². The topological polar surface area (TPSA) is 41.1 Å². The van der Waals surface area contributed by atoms with Crippen LogP contribution in [-0.4, -0.2) is 23.1 Å². The van der Waals surface area contributed by atoms with Crippen LogP contribution in [0.3, 0.4) is 0 Å². The Balaban J connectivity index is 1.86. The van der Waals surface area contributed by atoms with E-state index in [0.717, 1.165) is 36.2 Å². The smallest absolute Gasteiger partial charge is 0.227 e.